The summed E-state index contributed by atoms with van der Waals surface area (Å²) in [6.07, 6.45) is 3.46. The van der Waals surface area contributed by atoms with Crippen molar-refractivity contribution in [1.29, 1.82) is 0 Å². The molecule has 3 rings (SSSR count). The lowest BCUT2D eigenvalue weighted by Crippen LogP contribution is -2.38. The van der Waals surface area contributed by atoms with Crippen molar-refractivity contribution in [3.05, 3.63) is 59.7 Å². The molecule has 0 spiro atoms. The summed E-state index contributed by atoms with van der Waals surface area (Å²) in [5.74, 6) is -1.18. The van der Waals surface area contributed by atoms with E-state index in [1.807, 2.05) is 23.1 Å². The number of aliphatic carboxylic acids is 1. The number of nitrogens with zero attached hydrogens (tertiary/aromatic N) is 2. The van der Waals surface area contributed by atoms with Gasteiger partial charge in [-0.05, 0) is 36.6 Å². The predicted octanol–water partition coefficient (Wildman–Crippen LogP) is 0.718. The second-order valence-electron chi connectivity index (χ2n) is 6.15. The first kappa shape index (κ1) is 18.4. The van der Waals surface area contributed by atoms with Gasteiger partial charge >= 0.3 is 0 Å². The van der Waals surface area contributed by atoms with Crippen LogP contribution in [0, 0.1) is 0 Å². The van der Waals surface area contributed by atoms with Crippen LogP contribution in [0.25, 0.3) is 0 Å². The number of benzene rings is 2. The second-order valence-corrected chi connectivity index (χ2v) is 6.15. The molecule has 0 saturated heterocycles. The summed E-state index contributed by atoms with van der Waals surface area (Å²) in [7, 11) is 0. The summed E-state index contributed by atoms with van der Waals surface area (Å²) in [5.41, 5.74) is 5.40. The smallest absolute Gasteiger partial charge is 0.259 e. The molecule has 2 aromatic rings. The number of hydrogen-bond donors (Lipinski definition) is 1. The summed E-state index contributed by atoms with van der Waals surface area (Å²) in [6, 6.07) is 14.9. The van der Waals surface area contributed by atoms with Gasteiger partial charge in [-0.25, -0.2) is 5.43 Å². The monoisotopic (exact) mass is 366 g/mol. The summed E-state index contributed by atoms with van der Waals surface area (Å²) in [6.45, 7) is 0.497. The molecule has 0 fully saturated rings. The Morgan fingerprint density at radius 3 is 2.81 bits per heavy atom. The van der Waals surface area contributed by atoms with Crippen molar-refractivity contribution in [2.75, 3.05) is 24.6 Å². The molecule has 1 aliphatic rings. The van der Waals surface area contributed by atoms with Gasteiger partial charge in [-0.2, -0.15) is 5.10 Å². The minimum absolute atomic E-state index is 0.219. The van der Waals surface area contributed by atoms with Crippen LogP contribution in [0.4, 0.5) is 5.69 Å². The standard InChI is InChI=1S/C20H21N3O4/c24-19(13-23-11-5-8-15-6-1-3-9-17(15)23)22-21-12-16-7-2-4-10-18(16)27-14-20(25)26/h1-4,6-7,9-10,12H,5,8,11,13-14H2,(H,22,24)(H,25,26)/p-1/b21-12-. The first-order chi connectivity index (χ1) is 13.1. The number of carboxylic acid groups (broad SMARTS) is 1. The largest absolute Gasteiger partial charge is 0.546 e. The molecule has 7 nitrogen and oxygen atoms in total. The number of nitrogens with one attached hydrogen (secondary N) is 1. The number of fused-ring (bicyclic) bond motifs is 1. The van der Waals surface area contributed by atoms with Gasteiger partial charge in [0.05, 0.1) is 18.7 Å². The number of rotatable bonds is 7. The summed E-state index contributed by atoms with van der Waals surface area (Å²) < 4.78 is 5.14. The number of carbonyl (C=O) groups is 2. The Morgan fingerprint density at radius 2 is 1.96 bits per heavy atom. The zero-order chi connectivity index (χ0) is 19.1. The quantitative estimate of drug-likeness (QED) is 0.576. The third-order valence-corrected chi connectivity index (χ3v) is 4.20. The molecule has 0 unspecified atom stereocenters. The zero-order valence-electron chi connectivity index (χ0n) is 14.8. The number of anilines is 1. The van der Waals surface area contributed by atoms with E-state index in [2.05, 4.69) is 16.6 Å². The number of carboxylic acids is 1. The Balaban J connectivity index is 1.58. The molecule has 1 N–H and O–H groups in total. The van der Waals surface area contributed by atoms with Crippen LogP contribution in [0.3, 0.4) is 0 Å². The summed E-state index contributed by atoms with van der Waals surface area (Å²) in [4.78, 5) is 24.8. The Hall–Kier alpha value is -3.35. The molecule has 1 aliphatic heterocycles. The van der Waals surface area contributed by atoms with Gasteiger partial charge in [0.2, 0.25) is 0 Å². The highest BCUT2D eigenvalue weighted by Gasteiger charge is 2.18. The van der Waals surface area contributed by atoms with E-state index in [4.69, 9.17) is 4.74 Å². The van der Waals surface area contributed by atoms with Crippen molar-refractivity contribution < 1.29 is 19.4 Å². The van der Waals surface area contributed by atoms with Crippen molar-refractivity contribution in [2.45, 2.75) is 12.8 Å². The molecule has 2 aromatic carbocycles. The first-order valence-corrected chi connectivity index (χ1v) is 8.70. The van der Waals surface area contributed by atoms with E-state index in [-0.39, 0.29) is 12.5 Å². The van der Waals surface area contributed by atoms with Crippen LogP contribution in [-0.4, -0.2) is 37.8 Å². The molecule has 0 radical (unpaired) electrons. The maximum Gasteiger partial charge on any atom is 0.259 e. The van der Waals surface area contributed by atoms with E-state index in [0.29, 0.717) is 11.3 Å². The van der Waals surface area contributed by atoms with Gasteiger partial charge in [-0.15, -0.1) is 0 Å². The summed E-state index contributed by atoms with van der Waals surface area (Å²) in [5, 5.41) is 14.5. The lowest BCUT2D eigenvalue weighted by Gasteiger charge is -2.30. The van der Waals surface area contributed by atoms with E-state index in [1.54, 1.807) is 24.3 Å². The number of para-hydroxylation sites is 2. The molecule has 0 atom stereocenters. The van der Waals surface area contributed by atoms with Crippen molar-refractivity contribution in [1.82, 2.24) is 5.43 Å². The predicted molar refractivity (Wildman–Crippen MR) is 99.7 cm³/mol. The van der Waals surface area contributed by atoms with E-state index in [0.717, 1.165) is 25.1 Å². The van der Waals surface area contributed by atoms with Crippen LogP contribution < -0.4 is 20.2 Å². The van der Waals surface area contributed by atoms with Gasteiger partial charge in [-0.1, -0.05) is 30.3 Å². The van der Waals surface area contributed by atoms with Crippen molar-refractivity contribution in [3.8, 4) is 5.75 Å². The normalized spacial score (nSPS) is 13.3. The van der Waals surface area contributed by atoms with Gasteiger partial charge in [0.15, 0.2) is 0 Å². The minimum Gasteiger partial charge on any atom is -0.546 e. The fourth-order valence-electron chi connectivity index (χ4n) is 3.01. The van der Waals surface area contributed by atoms with E-state index < -0.39 is 12.6 Å². The highest BCUT2D eigenvalue weighted by molar-refractivity contribution is 5.86. The number of aryl methyl sites for hydroxylation is 1. The zero-order valence-corrected chi connectivity index (χ0v) is 14.8. The average Bonchev–Trinajstić information content (AvgIpc) is 2.67. The van der Waals surface area contributed by atoms with E-state index in [9.17, 15) is 14.7 Å². The Labute approximate surface area is 157 Å². The molecule has 0 bridgehead atoms. The highest BCUT2D eigenvalue weighted by atomic mass is 16.5. The molecule has 0 saturated carbocycles. The Morgan fingerprint density at radius 1 is 1.19 bits per heavy atom. The van der Waals surface area contributed by atoms with E-state index >= 15 is 0 Å². The maximum atomic E-state index is 12.2. The minimum atomic E-state index is -1.31. The molecule has 27 heavy (non-hydrogen) atoms. The number of amides is 1. The van der Waals surface area contributed by atoms with Crippen molar-refractivity contribution in [3.63, 3.8) is 0 Å². The first-order valence-electron chi connectivity index (χ1n) is 8.70. The molecule has 1 amide bonds. The lowest BCUT2D eigenvalue weighted by molar-refractivity contribution is -0.307. The Bertz CT molecular complexity index is 851. The second kappa shape index (κ2) is 8.84. The average molecular weight is 366 g/mol. The molecule has 140 valence electrons. The topological polar surface area (TPSA) is 94.1 Å². The molecule has 0 aromatic heterocycles. The fraction of sp³-hybridized carbons (Fsp3) is 0.250. The lowest BCUT2D eigenvalue weighted by atomic mass is 10.0. The number of carbonyl (C=O) groups excluding carboxylic acids is 2. The van der Waals surface area contributed by atoms with Crippen molar-refractivity contribution >= 4 is 23.8 Å². The molecular formula is C20H20N3O4-. The summed E-state index contributed by atoms with van der Waals surface area (Å²) >= 11 is 0. The van der Waals surface area contributed by atoms with E-state index in [1.165, 1.54) is 11.8 Å². The SMILES string of the molecule is O=C([O-])COc1ccccc1/C=N\NC(=O)CN1CCCc2ccccc21. The van der Waals surface area contributed by atoms with Crippen LogP contribution in [0.5, 0.6) is 5.75 Å². The maximum absolute atomic E-state index is 12.2. The van der Waals surface area contributed by atoms with Crippen LogP contribution >= 0.6 is 0 Å². The van der Waals surface area contributed by atoms with Crippen LogP contribution in [-0.2, 0) is 16.0 Å². The molecular weight excluding hydrogens is 346 g/mol. The number of hydrogen-bond acceptors (Lipinski definition) is 6. The fourth-order valence-corrected chi connectivity index (χ4v) is 3.01. The van der Waals surface area contributed by atoms with Gasteiger partial charge in [0.1, 0.15) is 12.4 Å². The van der Waals surface area contributed by atoms with Crippen molar-refractivity contribution in [2.24, 2.45) is 5.10 Å². The van der Waals surface area contributed by atoms with Crippen LogP contribution in [0.1, 0.15) is 17.5 Å². The third kappa shape index (κ3) is 5.07. The van der Waals surface area contributed by atoms with Gasteiger partial charge in [-0.3, -0.25) is 4.79 Å². The highest BCUT2D eigenvalue weighted by Crippen LogP contribution is 2.26. The molecule has 7 heteroatoms. The van der Waals surface area contributed by atoms with Crippen LogP contribution in [0.2, 0.25) is 0 Å². The number of hydrazone groups is 1. The van der Waals surface area contributed by atoms with Gasteiger partial charge in [0, 0.05) is 17.8 Å². The van der Waals surface area contributed by atoms with Gasteiger partial charge in [0.25, 0.3) is 5.91 Å². The van der Waals surface area contributed by atoms with Crippen LogP contribution in [0.15, 0.2) is 53.6 Å². The molecule has 0 aliphatic carbocycles. The molecule has 1 heterocycles. The van der Waals surface area contributed by atoms with Gasteiger partial charge < -0.3 is 19.5 Å². The Kier molecular flexibility index (Phi) is 6.04. The third-order valence-electron chi connectivity index (χ3n) is 4.20. The number of ether oxygens (including phenoxy) is 1.